The predicted octanol–water partition coefficient (Wildman–Crippen LogP) is 1.72. The normalized spacial score (nSPS) is 15.5. The van der Waals surface area contributed by atoms with Gasteiger partial charge in [-0.1, -0.05) is 30.3 Å². The van der Waals surface area contributed by atoms with Crippen LogP contribution in [0.25, 0.3) is 0 Å². The van der Waals surface area contributed by atoms with Gasteiger partial charge in [0.05, 0.1) is 5.60 Å². The summed E-state index contributed by atoms with van der Waals surface area (Å²) < 4.78 is 0. The fourth-order valence-electron chi connectivity index (χ4n) is 2.71. The number of carbonyl (C=O) groups is 1. The van der Waals surface area contributed by atoms with Crippen LogP contribution in [0, 0.1) is 0 Å². The van der Waals surface area contributed by atoms with Crippen LogP contribution in [0.1, 0.15) is 21.6 Å². The molecule has 21 heavy (non-hydrogen) atoms. The molecule has 108 valence electrons. The van der Waals surface area contributed by atoms with E-state index in [0.717, 1.165) is 11.1 Å². The Balaban J connectivity index is 1.69. The lowest BCUT2D eigenvalue weighted by atomic mass is 10.0. The third-order valence-electron chi connectivity index (χ3n) is 3.72. The summed E-state index contributed by atoms with van der Waals surface area (Å²) in [5.74, 6) is -0.607. The van der Waals surface area contributed by atoms with Crippen molar-refractivity contribution in [1.29, 1.82) is 0 Å². The van der Waals surface area contributed by atoms with Crippen molar-refractivity contribution in [3.63, 3.8) is 0 Å². The molecule has 0 unspecified atom stereocenters. The molecule has 0 radical (unpaired) electrons. The number of nitrogens with one attached hydrogen (secondary N) is 1. The van der Waals surface area contributed by atoms with E-state index in [0.29, 0.717) is 25.2 Å². The van der Waals surface area contributed by atoms with Crippen LogP contribution >= 0.6 is 0 Å². The molecule has 5 heteroatoms. The molecule has 1 aliphatic rings. The van der Waals surface area contributed by atoms with Crippen molar-refractivity contribution < 1.29 is 15.0 Å². The quantitative estimate of drug-likeness (QED) is 0.796. The van der Waals surface area contributed by atoms with Crippen molar-refractivity contribution in [3.8, 4) is 0 Å². The molecule has 2 aromatic rings. The lowest BCUT2D eigenvalue weighted by Gasteiger charge is -2.23. The molecule has 3 N–H and O–H groups in total. The molecule has 1 aromatic heterocycles. The molecule has 0 fully saturated rings. The van der Waals surface area contributed by atoms with E-state index in [1.165, 1.54) is 6.07 Å². The molecule has 0 atom stereocenters. The van der Waals surface area contributed by atoms with Gasteiger partial charge in [0.2, 0.25) is 0 Å². The Morgan fingerprint density at radius 1 is 1.14 bits per heavy atom. The topological polar surface area (TPSA) is 82.5 Å². The van der Waals surface area contributed by atoms with Gasteiger partial charge in [0.15, 0.2) is 5.69 Å². The van der Waals surface area contributed by atoms with E-state index in [9.17, 15) is 9.90 Å². The summed E-state index contributed by atoms with van der Waals surface area (Å²) in [6.07, 6.45) is 1.18. The highest BCUT2D eigenvalue weighted by molar-refractivity contribution is 5.85. The standard InChI is InChI=1S/C16H16N2O3/c19-15(20)13-6-3-7-14(18-13)17-10-16(21)8-11-4-1-2-5-12(11)9-16/h1-7,21H,8-10H2,(H,17,18)(H,19,20). The first-order valence-corrected chi connectivity index (χ1v) is 6.79. The van der Waals surface area contributed by atoms with Crippen LogP contribution in [-0.4, -0.2) is 33.3 Å². The van der Waals surface area contributed by atoms with Gasteiger partial charge in [-0.05, 0) is 23.3 Å². The third kappa shape index (κ3) is 2.87. The molecule has 0 saturated heterocycles. The lowest BCUT2D eigenvalue weighted by Crippen LogP contribution is -2.37. The lowest BCUT2D eigenvalue weighted by molar-refractivity contribution is 0.0650. The van der Waals surface area contributed by atoms with Gasteiger partial charge in [-0.25, -0.2) is 9.78 Å². The maximum atomic E-state index is 10.9. The highest BCUT2D eigenvalue weighted by Crippen LogP contribution is 2.30. The Morgan fingerprint density at radius 2 is 1.81 bits per heavy atom. The summed E-state index contributed by atoms with van der Waals surface area (Å²) in [4.78, 5) is 14.9. The van der Waals surface area contributed by atoms with Gasteiger partial charge in [-0.3, -0.25) is 0 Å². The number of rotatable bonds is 4. The number of fused-ring (bicyclic) bond motifs is 1. The van der Waals surface area contributed by atoms with Crippen molar-refractivity contribution in [1.82, 2.24) is 4.98 Å². The Hall–Kier alpha value is -2.40. The average Bonchev–Trinajstić information content (AvgIpc) is 2.82. The van der Waals surface area contributed by atoms with Crippen molar-refractivity contribution in [3.05, 3.63) is 59.3 Å². The van der Waals surface area contributed by atoms with E-state index in [-0.39, 0.29) is 5.69 Å². The van der Waals surface area contributed by atoms with E-state index in [4.69, 9.17) is 5.11 Å². The summed E-state index contributed by atoms with van der Waals surface area (Å²) in [6, 6.07) is 12.7. The Kier molecular flexibility index (Phi) is 3.35. The molecule has 0 amide bonds. The highest BCUT2D eigenvalue weighted by Gasteiger charge is 2.34. The number of aliphatic hydroxyl groups is 1. The van der Waals surface area contributed by atoms with Crippen molar-refractivity contribution in [2.45, 2.75) is 18.4 Å². The van der Waals surface area contributed by atoms with E-state index in [1.807, 2.05) is 24.3 Å². The molecule has 0 saturated carbocycles. The van der Waals surface area contributed by atoms with Gasteiger partial charge in [0.25, 0.3) is 0 Å². The first kappa shape index (κ1) is 13.6. The first-order chi connectivity index (χ1) is 10.1. The van der Waals surface area contributed by atoms with Crippen LogP contribution in [0.5, 0.6) is 0 Å². The zero-order valence-electron chi connectivity index (χ0n) is 11.4. The molecule has 0 aliphatic heterocycles. The van der Waals surface area contributed by atoms with Crippen molar-refractivity contribution >= 4 is 11.8 Å². The average molecular weight is 284 g/mol. The van der Waals surface area contributed by atoms with Crippen LogP contribution in [0.15, 0.2) is 42.5 Å². The summed E-state index contributed by atoms with van der Waals surface area (Å²) in [7, 11) is 0. The number of aromatic carboxylic acids is 1. The van der Waals surface area contributed by atoms with E-state index < -0.39 is 11.6 Å². The van der Waals surface area contributed by atoms with E-state index in [1.54, 1.807) is 12.1 Å². The maximum Gasteiger partial charge on any atom is 0.354 e. The number of pyridine rings is 1. The smallest absolute Gasteiger partial charge is 0.354 e. The number of anilines is 1. The van der Waals surface area contributed by atoms with Crippen molar-refractivity contribution in [2.75, 3.05) is 11.9 Å². The molecule has 1 heterocycles. The van der Waals surface area contributed by atoms with Crippen molar-refractivity contribution in [2.24, 2.45) is 0 Å². The van der Waals surface area contributed by atoms with Gasteiger partial charge >= 0.3 is 5.97 Å². The minimum atomic E-state index is -1.06. The molecular weight excluding hydrogens is 268 g/mol. The van der Waals surface area contributed by atoms with E-state index >= 15 is 0 Å². The van der Waals surface area contributed by atoms with Crippen LogP contribution in [0.3, 0.4) is 0 Å². The number of nitrogens with zero attached hydrogens (tertiary/aromatic N) is 1. The molecule has 1 aromatic carbocycles. The largest absolute Gasteiger partial charge is 0.477 e. The van der Waals surface area contributed by atoms with Gasteiger partial charge in [-0.2, -0.15) is 0 Å². The fraction of sp³-hybridized carbons (Fsp3) is 0.250. The molecule has 0 bridgehead atoms. The number of carboxylic acid groups (broad SMARTS) is 1. The van der Waals surface area contributed by atoms with Gasteiger partial charge < -0.3 is 15.5 Å². The fourth-order valence-corrected chi connectivity index (χ4v) is 2.71. The SMILES string of the molecule is O=C(O)c1cccc(NCC2(O)Cc3ccccc3C2)n1. The molecule has 5 nitrogen and oxygen atoms in total. The number of hydrogen-bond acceptors (Lipinski definition) is 4. The zero-order valence-corrected chi connectivity index (χ0v) is 11.4. The summed E-state index contributed by atoms with van der Waals surface area (Å²) in [5, 5.41) is 22.6. The van der Waals surface area contributed by atoms with Gasteiger partial charge in [-0.15, -0.1) is 0 Å². The summed E-state index contributed by atoms with van der Waals surface area (Å²) >= 11 is 0. The molecule has 3 rings (SSSR count). The molecule has 0 spiro atoms. The first-order valence-electron chi connectivity index (χ1n) is 6.79. The van der Waals surface area contributed by atoms with Gasteiger partial charge in [0.1, 0.15) is 5.82 Å². The number of aromatic nitrogens is 1. The van der Waals surface area contributed by atoms with Gasteiger partial charge in [0, 0.05) is 19.4 Å². The van der Waals surface area contributed by atoms with E-state index in [2.05, 4.69) is 10.3 Å². The minimum absolute atomic E-state index is 0.0123. The Morgan fingerprint density at radius 3 is 2.43 bits per heavy atom. The monoisotopic (exact) mass is 284 g/mol. The molecular formula is C16H16N2O3. The Bertz CT molecular complexity index is 660. The molecule has 1 aliphatic carbocycles. The number of carboxylic acids is 1. The highest BCUT2D eigenvalue weighted by atomic mass is 16.4. The zero-order chi connectivity index (χ0) is 14.9. The van der Waals surface area contributed by atoms with Crippen LogP contribution in [0.4, 0.5) is 5.82 Å². The second-order valence-corrected chi connectivity index (χ2v) is 5.41. The second-order valence-electron chi connectivity index (χ2n) is 5.41. The summed E-state index contributed by atoms with van der Waals surface area (Å²) in [6.45, 7) is 0.331. The summed E-state index contributed by atoms with van der Waals surface area (Å²) in [5.41, 5.74) is 1.45. The Labute approximate surface area is 122 Å². The third-order valence-corrected chi connectivity index (χ3v) is 3.72. The number of hydrogen-bond donors (Lipinski definition) is 3. The number of benzene rings is 1. The maximum absolute atomic E-state index is 10.9. The van der Waals surface area contributed by atoms with Crippen LogP contribution < -0.4 is 5.32 Å². The second kappa shape index (κ2) is 5.18. The van der Waals surface area contributed by atoms with Crippen LogP contribution in [0.2, 0.25) is 0 Å². The minimum Gasteiger partial charge on any atom is -0.477 e. The van der Waals surface area contributed by atoms with Crippen LogP contribution in [-0.2, 0) is 12.8 Å². The predicted molar refractivity (Wildman–Crippen MR) is 78.5 cm³/mol.